The number of hydrogen-bond donors (Lipinski definition) is 0. The molecule has 0 saturated carbocycles. The topological polar surface area (TPSA) is 6.48 Å². The number of benzene rings is 1. The molecule has 18 heavy (non-hydrogen) atoms. The minimum atomic E-state index is 0.758. The molecule has 0 spiro atoms. The number of hydrogen-bond acceptors (Lipinski definition) is 2. The van der Waals surface area contributed by atoms with Gasteiger partial charge in [-0.2, -0.15) is 0 Å². The maximum Gasteiger partial charge on any atom is 0.0406 e. The van der Waals surface area contributed by atoms with Crippen molar-refractivity contribution >= 4 is 11.6 Å². The molecule has 1 aliphatic heterocycles. The lowest BCUT2D eigenvalue weighted by molar-refractivity contribution is 0.145. The Morgan fingerprint density at radius 2 is 1.83 bits per heavy atom. The molecule has 2 nitrogen and oxygen atoms in total. The number of likely N-dealkylation sites (N-methyl/N-ethyl adjacent to an activating group) is 1. The van der Waals surface area contributed by atoms with Crippen molar-refractivity contribution in [3.8, 4) is 0 Å². The van der Waals surface area contributed by atoms with E-state index in [0.717, 1.165) is 24.0 Å². The van der Waals surface area contributed by atoms with Crippen molar-refractivity contribution in [2.75, 3.05) is 33.7 Å². The average Bonchev–Trinajstić information content (AvgIpc) is 2.38. The van der Waals surface area contributed by atoms with Gasteiger partial charge in [-0.05, 0) is 64.1 Å². The number of halogens is 1. The predicted octanol–water partition coefficient (Wildman–Crippen LogP) is 2.91. The lowest BCUT2D eigenvalue weighted by Gasteiger charge is -2.35. The Labute approximate surface area is 116 Å². The van der Waals surface area contributed by atoms with E-state index < -0.39 is 0 Å². The van der Waals surface area contributed by atoms with Gasteiger partial charge in [-0.15, -0.1) is 0 Å². The Bertz CT molecular complexity index is 355. The van der Waals surface area contributed by atoms with Crippen molar-refractivity contribution in [2.45, 2.75) is 25.3 Å². The Morgan fingerprint density at radius 3 is 2.44 bits per heavy atom. The molecule has 1 aliphatic rings. The Kier molecular flexibility index (Phi) is 5.04. The van der Waals surface area contributed by atoms with Gasteiger partial charge < -0.3 is 9.80 Å². The fourth-order valence-electron chi connectivity index (χ4n) is 2.57. The summed E-state index contributed by atoms with van der Waals surface area (Å²) in [6.07, 6.45) is 3.71. The number of rotatable bonds is 4. The van der Waals surface area contributed by atoms with E-state index in [1.54, 1.807) is 0 Å². The molecular weight excluding hydrogens is 244 g/mol. The van der Waals surface area contributed by atoms with Crippen LogP contribution in [0.5, 0.6) is 0 Å². The molecule has 2 rings (SSSR count). The summed E-state index contributed by atoms with van der Waals surface area (Å²) < 4.78 is 0. The third kappa shape index (κ3) is 3.98. The molecule has 1 aromatic carbocycles. The molecule has 0 amide bonds. The molecule has 1 saturated heterocycles. The van der Waals surface area contributed by atoms with Gasteiger partial charge in [0.05, 0.1) is 0 Å². The molecule has 0 atom stereocenters. The van der Waals surface area contributed by atoms with Crippen LogP contribution >= 0.6 is 11.6 Å². The highest BCUT2D eigenvalue weighted by atomic mass is 35.5. The molecule has 0 aromatic heterocycles. The maximum atomic E-state index is 5.89. The largest absolute Gasteiger partial charge is 0.306 e. The summed E-state index contributed by atoms with van der Waals surface area (Å²) in [6.45, 7) is 3.60. The highest BCUT2D eigenvalue weighted by Crippen LogP contribution is 2.15. The fraction of sp³-hybridized carbons (Fsp3) is 0.600. The molecule has 0 radical (unpaired) electrons. The molecule has 3 heteroatoms. The summed E-state index contributed by atoms with van der Waals surface area (Å²) >= 11 is 5.89. The third-order valence-corrected chi connectivity index (χ3v) is 4.23. The summed E-state index contributed by atoms with van der Waals surface area (Å²) in [5.74, 6) is 0. The van der Waals surface area contributed by atoms with Crippen LogP contribution in [0.25, 0.3) is 0 Å². The molecular formula is C15H23ClN2. The maximum absolute atomic E-state index is 5.89. The van der Waals surface area contributed by atoms with Crippen LogP contribution in [0.1, 0.15) is 18.4 Å². The first kappa shape index (κ1) is 13.9. The second-order valence-electron chi connectivity index (χ2n) is 5.39. The van der Waals surface area contributed by atoms with Gasteiger partial charge in [0, 0.05) is 17.6 Å². The van der Waals surface area contributed by atoms with Gasteiger partial charge in [0.2, 0.25) is 0 Å². The van der Waals surface area contributed by atoms with Crippen LogP contribution in [0, 0.1) is 0 Å². The van der Waals surface area contributed by atoms with Crippen LogP contribution < -0.4 is 0 Å². The summed E-state index contributed by atoms with van der Waals surface area (Å²) in [6, 6.07) is 8.97. The second-order valence-corrected chi connectivity index (χ2v) is 5.83. The molecule has 0 aliphatic carbocycles. The van der Waals surface area contributed by atoms with Crippen LogP contribution in [0.4, 0.5) is 0 Å². The van der Waals surface area contributed by atoms with Gasteiger partial charge in [0.1, 0.15) is 0 Å². The molecule has 1 fully saturated rings. The summed E-state index contributed by atoms with van der Waals surface area (Å²) in [5, 5.41) is 0.822. The Morgan fingerprint density at radius 1 is 1.22 bits per heavy atom. The van der Waals surface area contributed by atoms with Gasteiger partial charge >= 0.3 is 0 Å². The summed E-state index contributed by atoms with van der Waals surface area (Å²) in [7, 11) is 4.47. The van der Waals surface area contributed by atoms with E-state index in [4.69, 9.17) is 11.6 Å². The highest BCUT2D eigenvalue weighted by Gasteiger charge is 2.19. The van der Waals surface area contributed by atoms with E-state index in [-0.39, 0.29) is 0 Å². The molecule has 100 valence electrons. The standard InChI is InChI=1S/C15H23ClN2/c1-17-10-8-15(9-11-17)18(2)12-7-13-3-5-14(16)6-4-13/h3-6,15H,7-12H2,1-2H3. The Balaban J connectivity index is 1.77. The van der Waals surface area contributed by atoms with Crippen LogP contribution in [-0.2, 0) is 6.42 Å². The fourth-order valence-corrected chi connectivity index (χ4v) is 2.70. The number of nitrogens with zero attached hydrogens (tertiary/aromatic N) is 2. The first-order chi connectivity index (χ1) is 8.65. The quantitative estimate of drug-likeness (QED) is 0.827. The van der Waals surface area contributed by atoms with E-state index in [1.807, 2.05) is 12.1 Å². The minimum Gasteiger partial charge on any atom is -0.306 e. The Hall–Kier alpha value is -0.570. The first-order valence-corrected chi connectivity index (χ1v) is 7.16. The van der Waals surface area contributed by atoms with Gasteiger partial charge in [-0.1, -0.05) is 23.7 Å². The predicted molar refractivity (Wildman–Crippen MR) is 78.3 cm³/mol. The second kappa shape index (κ2) is 6.55. The first-order valence-electron chi connectivity index (χ1n) is 6.78. The van der Waals surface area contributed by atoms with Crippen molar-refractivity contribution in [3.63, 3.8) is 0 Å². The van der Waals surface area contributed by atoms with Crippen LogP contribution in [0.2, 0.25) is 5.02 Å². The van der Waals surface area contributed by atoms with Gasteiger partial charge in [0.15, 0.2) is 0 Å². The smallest absolute Gasteiger partial charge is 0.0406 e. The van der Waals surface area contributed by atoms with Crippen molar-refractivity contribution in [3.05, 3.63) is 34.9 Å². The van der Waals surface area contributed by atoms with E-state index in [9.17, 15) is 0 Å². The zero-order chi connectivity index (χ0) is 13.0. The van der Waals surface area contributed by atoms with Crippen LogP contribution in [-0.4, -0.2) is 49.6 Å². The number of likely N-dealkylation sites (tertiary alicyclic amines) is 1. The monoisotopic (exact) mass is 266 g/mol. The highest BCUT2D eigenvalue weighted by molar-refractivity contribution is 6.30. The van der Waals surface area contributed by atoms with Gasteiger partial charge in [-0.25, -0.2) is 0 Å². The summed E-state index contributed by atoms with van der Waals surface area (Å²) in [5.41, 5.74) is 1.37. The third-order valence-electron chi connectivity index (χ3n) is 3.98. The SMILES string of the molecule is CN1CCC(N(C)CCc2ccc(Cl)cc2)CC1. The lowest BCUT2D eigenvalue weighted by Crippen LogP contribution is -2.42. The van der Waals surface area contributed by atoms with Crippen molar-refractivity contribution in [1.29, 1.82) is 0 Å². The minimum absolute atomic E-state index is 0.758. The molecule has 0 bridgehead atoms. The average molecular weight is 267 g/mol. The summed E-state index contributed by atoms with van der Waals surface area (Å²) in [4.78, 5) is 4.94. The van der Waals surface area contributed by atoms with E-state index in [1.165, 1.54) is 31.5 Å². The lowest BCUT2D eigenvalue weighted by atomic mass is 10.0. The van der Waals surface area contributed by atoms with Crippen LogP contribution in [0.15, 0.2) is 24.3 Å². The van der Waals surface area contributed by atoms with Gasteiger partial charge in [-0.3, -0.25) is 0 Å². The zero-order valence-corrected chi connectivity index (χ0v) is 12.2. The van der Waals surface area contributed by atoms with Crippen molar-refractivity contribution in [1.82, 2.24) is 9.80 Å². The van der Waals surface area contributed by atoms with Gasteiger partial charge in [0.25, 0.3) is 0 Å². The van der Waals surface area contributed by atoms with Crippen LogP contribution in [0.3, 0.4) is 0 Å². The molecule has 0 N–H and O–H groups in total. The molecule has 0 unspecified atom stereocenters. The van der Waals surface area contributed by atoms with Crippen molar-refractivity contribution in [2.24, 2.45) is 0 Å². The van der Waals surface area contributed by atoms with Crippen molar-refractivity contribution < 1.29 is 0 Å². The molecule has 1 aromatic rings. The zero-order valence-electron chi connectivity index (χ0n) is 11.4. The number of piperidine rings is 1. The van der Waals surface area contributed by atoms with E-state index in [2.05, 4.69) is 36.0 Å². The van der Waals surface area contributed by atoms with E-state index in [0.29, 0.717) is 0 Å². The van der Waals surface area contributed by atoms with E-state index >= 15 is 0 Å². The normalized spacial score (nSPS) is 18.4. The molecule has 1 heterocycles.